The van der Waals surface area contributed by atoms with E-state index in [2.05, 4.69) is 31.1 Å². The lowest BCUT2D eigenvalue weighted by molar-refractivity contribution is 0.739. The average Bonchev–Trinajstić information content (AvgIpc) is 2.48. The van der Waals surface area contributed by atoms with Gasteiger partial charge in [-0.1, -0.05) is 17.7 Å². The van der Waals surface area contributed by atoms with E-state index in [-0.39, 0.29) is 0 Å². The minimum absolute atomic E-state index is 1.16. The smallest absolute Gasteiger partial charge is 0.0570 e. The molecule has 1 aromatic heterocycles. The summed E-state index contributed by atoms with van der Waals surface area (Å²) in [5.41, 5.74) is 5.30. The molecule has 0 unspecified atom stereocenters. The maximum atomic E-state index is 4.26. The summed E-state index contributed by atoms with van der Waals surface area (Å²) in [7, 11) is 1.98. The molecule has 0 fully saturated rings. The highest BCUT2D eigenvalue weighted by molar-refractivity contribution is 5.76. The van der Waals surface area contributed by atoms with Crippen LogP contribution < -0.4 is 0 Å². The Hall–Kier alpha value is -1.31. The second-order valence-corrected chi connectivity index (χ2v) is 3.96. The Morgan fingerprint density at radius 1 is 1.36 bits per heavy atom. The molecule has 0 amide bonds. The van der Waals surface area contributed by atoms with E-state index >= 15 is 0 Å². The van der Waals surface area contributed by atoms with Gasteiger partial charge < -0.3 is 0 Å². The molecule has 2 heteroatoms. The van der Waals surface area contributed by atoms with Crippen molar-refractivity contribution in [2.24, 2.45) is 7.05 Å². The van der Waals surface area contributed by atoms with Crippen molar-refractivity contribution in [2.45, 2.75) is 26.7 Å². The fourth-order valence-corrected chi connectivity index (χ4v) is 1.82. The molecule has 1 aliphatic carbocycles. The third kappa shape index (κ3) is 1.52. The number of aryl methyl sites for hydroxylation is 1. The lowest BCUT2D eigenvalue weighted by atomic mass is 9.96. The van der Waals surface area contributed by atoms with Crippen LogP contribution in [0.25, 0.3) is 5.57 Å². The molecule has 0 saturated carbocycles. The van der Waals surface area contributed by atoms with Crippen molar-refractivity contribution in [2.75, 3.05) is 0 Å². The summed E-state index contributed by atoms with van der Waals surface area (Å²) in [6, 6.07) is 0. The first-order chi connectivity index (χ1) is 6.68. The summed E-state index contributed by atoms with van der Waals surface area (Å²) >= 11 is 0. The van der Waals surface area contributed by atoms with Crippen molar-refractivity contribution in [3.63, 3.8) is 0 Å². The Kier molecular flexibility index (Phi) is 2.28. The highest BCUT2D eigenvalue weighted by Crippen LogP contribution is 2.26. The van der Waals surface area contributed by atoms with Crippen molar-refractivity contribution < 1.29 is 0 Å². The summed E-state index contributed by atoms with van der Waals surface area (Å²) in [5.74, 6) is 0. The van der Waals surface area contributed by atoms with Gasteiger partial charge in [0.05, 0.1) is 6.20 Å². The average molecular weight is 188 g/mol. The van der Waals surface area contributed by atoms with Crippen LogP contribution in [0.1, 0.15) is 31.0 Å². The predicted octanol–water partition coefficient (Wildman–Crippen LogP) is 2.85. The van der Waals surface area contributed by atoms with Crippen LogP contribution in [0.2, 0.25) is 0 Å². The Balaban J connectivity index is 2.41. The van der Waals surface area contributed by atoms with Gasteiger partial charge in [-0.25, -0.2) is 0 Å². The minimum Gasteiger partial charge on any atom is -0.272 e. The maximum Gasteiger partial charge on any atom is 0.0570 e. The molecule has 2 rings (SSSR count). The normalized spacial score (nSPS) is 16.5. The van der Waals surface area contributed by atoms with Crippen LogP contribution in [0.3, 0.4) is 0 Å². The van der Waals surface area contributed by atoms with E-state index in [1.165, 1.54) is 28.8 Å². The monoisotopic (exact) mass is 188 g/mol. The molecule has 0 saturated heterocycles. The quantitative estimate of drug-likeness (QED) is 0.662. The standard InChI is InChI=1S/C12H16N2/c1-9-5-4-6-11(7-9)12-8-13-14(3)10(12)2/h6-8H,4-5H2,1-3H3. The van der Waals surface area contributed by atoms with Crippen LogP contribution >= 0.6 is 0 Å². The molecule has 2 nitrogen and oxygen atoms in total. The van der Waals surface area contributed by atoms with Gasteiger partial charge in [-0.2, -0.15) is 5.10 Å². The van der Waals surface area contributed by atoms with Gasteiger partial charge in [-0.15, -0.1) is 0 Å². The van der Waals surface area contributed by atoms with E-state index in [1.54, 1.807) is 0 Å². The van der Waals surface area contributed by atoms with Crippen LogP contribution in [0, 0.1) is 6.92 Å². The first kappa shape index (κ1) is 9.25. The van der Waals surface area contributed by atoms with Crippen LogP contribution in [0.15, 0.2) is 23.9 Å². The molecule has 1 aromatic rings. The predicted molar refractivity (Wildman–Crippen MR) is 58.9 cm³/mol. The third-order valence-electron chi connectivity index (χ3n) is 2.85. The summed E-state index contributed by atoms with van der Waals surface area (Å²) in [6.45, 7) is 4.31. The van der Waals surface area contributed by atoms with Crippen molar-refractivity contribution in [3.05, 3.63) is 35.2 Å². The van der Waals surface area contributed by atoms with Crippen LogP contribution in [0.5, 0.6) is 0 Å². The number of hydrogen-bond acceptors (Lipinski definition) is 1. The lowest BCUT2D eigenvalue weighted by Gasteiger charge is -2.10. The minimum atomic E-state index is 1.16. The van der Waals surface area contributed by atoms with Gasteiger partial charge in [-0.3, -0.25) is 4.68 Å². The molecular formula is C12H16N2. The second kappa shape index (κ2) is 3.45. The molecule has 0 radical (unpaired) electrons. The van der Waals surface area contributed by atoms with E-state index in [0.717, 1.165) is 6.42 Å². The van der Waals surface area contributed by atoms with Gasteiger partial charge in [0.1, 0.15) is 0 Å². The Morgan fingerprint density at radius 3 is 2.71 bits per heavy atom. The molecule has 1 heterocycles. The zero-order valence-electron chi connectivity index (χ0n) is 9.04. The molecular weight excluding hydrogens is 172 g/mol. The fraction of sp³-hybridized carbons (Fsp3) is 0.417. The van der Waals surface area contributed by atoms with E-state index in [1.807, 2.05) is 17.9 Å². The highest BCUT2D eigenvalue weighted by atomic mass is 15.3. The molecule has 74 valence electrons. The van der Waals surface area contributed by atoms with Gasteiger partial charge in [-0.05, 0) is 32.3 Å². The first-order valence-electron chi connectivity index (χ1n) is 5.05. The summed E-state index contributed by atoms with van der Waals surface area (Å²) in [6.07, 6.45) is 8.88. The number of allylic oxidation sites excluding steroid dienone is 4. The lowest BCUT2D eigenvalue weighted by Crippen LogP contribution is -1.95. The van der Waals surface area contributed by atoms with E-state index in [9.17, 15) is 0 Å². The zero-order valence-corrected chi connectivity index (χ0v) is 9.04. The number of nitrogens with zero attached hydrogens (tertiary/aromatic N) is 2. The van der Waals surface area contributed by atoms with Crippen LogP contribution in [0.4, 0.5) is 0 Å². The van der Waals surface area contributed by atoms with Crippen molar-refractivity contribution >= 4 is 5.57 Å². The summed E-state index contributed by atoms with van der Waals surface area (Å²) < 4.78 is 1.92. The topological polar surface area (TPSA) is 17.8 Å². The Bertz CT molecular complexity index is 408. The van der Waals surface area contributed by atoms with Crippen molar-refractivity contribution in [1.29, 1.82) is 0 Å². The Morgan fingerprint density at radius 2 is 2.14 bits per heavy atom. The third-order valence-corrected chi connectivity index (χ3v) is 2.85. The van der Waals surface area contributed by atoms with E-state index in [4.69, 9.17) is 0 Å². The van der Waals surface area contributed by atoms with Gasteiger partial charge in [0.2, 0.25) is 0 Å². The van der Waals surface area contributed by atoms with Gasteiger partial charge in [0.25, 0.3) is 0 Å². The second-order valence-electron chi connectivity index (χ2n) is 3.96. The summed E-state index contributed by atoms with van der Waals surface area (Å²) in [4.78, 5) is 0. The van der Waals surface area contributed by atoms with Gasteiger partial charge >= 0.3 is 0 Å². The van der Waals surface area contributed by atoms with Crippen molar-refractivity contribution in [1.82, 2.24) is 9.78 Å². The molecule has 14 heavy (non-hydrogen) atoms. The zero-order chi connectivity index (χ0) is 10.1. The SMILES string of the molecule is CC1=CC(c2cnn(C)c2C)=CCC1. The number of hydrogen-bond donors (Lipinski definition) is 0. The fourth-order valence-electron chi connectivity index (χ4n) is 1.82. The summed E-state index contributed by atoms with van der Waals surface area (Å²) in [5, 5.41) is 4.26. The molecule has 0 aliphatic heterocycles. The number of aromatic nitrogens is 2. The highest BCUT2D eigenvalue weighted by Gasteiger charge is 2.09. The molecule has 0 N–H and O–H groups in total. The largest absolute Gasteiger partial charge is 0.272 e. The number of rotatable bonds is 1. The van der Waals surface area contributed by atoms with Gasteiger partial charge in [0.15, 0.2) is 0 Å². The van der Waals surface area contributed by atoms with Gasteiger partial charge in [0, 0.05) is 18.3 Å². The van der Waals surface area contributed by atoms with Crippen molar-refractivity contribution in [3.8, 4) is 0 Å². The van der Waals surface area contributed by atoms with Crippen LogP contribution in [-0.2, 0) is 7.05 Å². The molecule has 0 spiro atoms. The molecule has 0 bridgehead atoms. The molecule has 1 aliphatic rings. The molecule has 0 atom stereocenters. The Labute approximate surface area is 84.9 Å². The maximum absolute atomic E-state index is 4.26. The first-order valence-corrected chi connectivity index (χ1v) is 5.05. The molecule has 0 aromatic carbocycles. The van der Waals surface area contributed by atoms with E-state index in [0.29, 0.717) is 0 Å². The van der Waals surface area contributed by atoms with E-state index < -0.39 is 0 Å². The van der Waals surface area contributed by atoms with Crippen LogP contribution in [-0.4, -0.2) is 9.78 Å².